The van der Waals surface area contributed by atoms with E-state index < -0.39 is 10.0 Å². The molecule has 0 aromatic heterocycles. The van der Waals surface area contributed by atoms with Crippen molar-refractivity contribution in [2.24, 2.45) is 0 Å². The van der Waals surface area contributed by atoms with E-state index >= 15 is 0 Å². The van der Waals surface area contributed by atoms with Crippen LogP contribution in [0.4, 0.5) is 5.69 Å². The minimum atomic E-state index is -3.57. The van der Waals surface area contributed by atoms with Crippen LogP contribution in [0.5, 0.6) is 0 Å². The quantitative estimate of drug-likeness (QED) is 0.815. The SMILES string of the molecule is CSc1ccccc1NS(=O)(=O)c1ccc(Br)c(C)c1. The largest absolute Gasteiger partial charge is 0.278 e. The van der Waals surface area contributed by atoms with Crippen LogP contribution in [0.3, 0.4) is 0 Å². The zero-order valence-electron chi connectivity index (χ0n) is 11.1. The van der Waals surface area contributed by atoms with Crippen LogP contribution in [-0.2, 0) is 10.0 Å². The minimum absolute atomic E-state index is 0.258. The summed E-state index contributed by atoms with van der Waals surface area (Å²) in [6, 6.07) is 12.3. The average Bonchev–Trinajstić information content (AvgIpc) is 2.42. The van der Waals surface area contributed by atoms with Crippen molar-refractivity contribution in [2.45, 2.75) is 16.7 Å². The highest BCUT2D eigenvalue weighted by molar-refractivity contribution is 9.10. The molecule has 0 saturated heterocycles. The van der Waals surface area contributed by atoms with Crippen molar-refractivity contribution in [3.05, 3.63) is 52.5 Å². The van der Waals surface area contributed by atoms with Gasteiger partial charge in [0.15, 0.2) is 0 Å². The summed E-state index contributed by atoms with van der Waals surface area (Å²) in [5.41, 5.74) is 1.48. The first-order valence-electron chi connectivity index (χ1n) is 5.86. The van der Waals surface area contributed by atoms with Gasteiger partial charge in [0.05, 0.1) is 10.6 Å². The summed E-state index contributed by atoms with van der Waals surface area (Å²) >= 11 is 4.87. The lowest BCUT2D eigenvalue weighted by atomic mass is 10.2. The Morgan fingerprint density at radius 2 is 1.85 bits per heavy atom. The highest BCUT2D eigenvalue weighted by atomic mass is 79.9. The minimum Gasteiger partial charge on any atom is -0.278 e. The zero-order chi connectivity index (χ0) is 14.8. The second kappa shape index (κ2) is 6.20. The molecule has 2 aromatic rings. The molecule has 2 rings (SSSR count). The van der Waals surface area contributed by atoms with Crippen LogP contribution in [0.1, 0.15) is 5.56 Å². The summed E-state index contributed by atoms with van der Waals surface area (Å²) in [5, 5.41) is 0. The van der Waals surface area contributed by atoms with E-state index in [2.05, 4.69) is 20.7 Å². The van der Waals surface area contributed by atoms with Crippen molar-refractivity contribution in [3.63, 3.8) is 0 Å². The van der Waals surface area contributed by atoms with Crippen molar-refractivity contribution in [3.8, 4) is 0 Å². The van der Waals surface area contributed by atoms with Gasteiger partial charge in [-0.1, -0.05) is 28.1 Å². The second-order valence-corrected chi connectivity index (χ2v) is 7.60. The smallest absolute Gasteiger partial charge is 0.261 e. The van der Waals surface area contributed by atoms with Gasteiger partial charge in [0.2, 0.25) is 0 Å². The van der Waals surface area contributed by atoms with E-state index in [9.17, 15) is 8.42 Å². The Morgan fingerprint density at radius 3 is 2.50 bits per heavy atom. The molecule has 0 radical (unpaired) electrons. The summed E-state index contributed by atoms with van der Waals surface area (Å²) in [7, 11) is -3.57. The molecule has 2 aromatic carbocycles. The van der Waals surface area contributed by atoms with Crippen LogP contribution in [0.25, 0.3) is 0 Å². The number of para-hydroxylation sites is 1. The van der Waals surface area contributed by atoms with Crippen LogP contribution in [0.2, 0.25) is 0 Å². The van der Waals surface area contributed by atoms with Gasteiger partial charge in [-0.2, -0.15) is 0 Å². The summed E-state index contributed by atoms with van der Waals surface area (Å²) in [6.07, 6.45) is 1.91. The van der Waals surface area contributed by atoms with E-state index in [-0.39, 0.29) is 4.90 Å². The molecule has 1 N–H and O–H groups in total. The predicted molar refractivity (Wildman–Crippen MR) is 87.9 cm³/mol. The van der Waals surface area contributed by atoms with Gasteiger partial charge in [0.25, 0.3) is 10.0 Å². The fourth-order valence-corrected chi connectivity index (χ4v) is 3.75. The van der Waals surface area contributed by atoms with Crippen molar-refractivity contribution in [1.29, 1.82) is 0 Å². The summed E-state index contributed by atoms with van der Waals surface area (Å²) < 4.78 is 28.3. The molecule has 0 aliphatic heterocycles. The number of hydrogen-bond donors (Lipinski definition) is 1. The van der Waals surface area contributed by atoms with Gasteiger partial charge in [0, 0.05) is 9.37 Å². The first-order valence-corrected chi connectivity index (χ1v) is 9.36. The van der Waals surface area contributed by atoms with Crippen molar-refractivity contribution in [1.82, 2.24) is 0 Å². The van der Waals surface area contributed by atoms with Gasteiger partial charge >= 0.3 is 0 Å². The van der Waals surface area contributed by atoms with Crippen molar-refractivity contribution in [2.75, 3.05) is 11.0 Å². The first kappa shape index (κ1) is 15.4. The molecule has 0 amide bonds. The van der Waals surface area contributed by atoms with E-state index in [1.807, 2.05) is 31.4 Å². The van der Waals surface area contributed by atoms with E-state index in [4.69, 9.17) is 0 Å². The number of aryl methyl sites for hydroxylation is 1. The monoisotopic (exact) mass is 371 g/mol. The maximum absolute atomic E-state index is 12.4. The molecule has 0 atom stereocenters. The Kier molecular flexibility index (Phi) is 4.78. The third kappa shape index (κ3) is 3.37. The molecule has 0 aliphatic rings. The van der Waals surface area contributed by atoms with Gasteiger partial charge in [0.1, 0.15) is 0 Å². The fourth-order valence-electron chi connectivity index (χ4n) is 1.72. The average molecular weight is 372 g/mol. The maximum atomic E-state index is 12.4. The maximum Gasteiger partial charge on any atom is 0.261 e. The van der Waals surface area contributed by atoms with E-state index in [1.54, 1.807) is 24.3 Å². The lowest BCUT2D eigenvalue weighted by Crippen LogP contribution is -2.13. The van der Waals surface area contributed by atoms with Crippen LogP contribution < -0.4 is 4.72 Å². The highest BCUT2D eigenvalue weighted by Gasteiger charge is 2.16. The molecule has 0 heterocycles. The van der Waals surface area contributed by atoms with Crippen LogP contribution in [-0.4, -0.2) is 14.7 Å². The van der Waals surface area contributed by atoms with Crippen LogP contribution in [0.15, 0.2) is 56.7 Å². The van der Waals surface area contributed by atoms with Crippen LogP contribution in [0, 0.1) is 6.92 Å². The number of anilines is 1. The molecule has 0 saturated carbocycles. The molecule has 0 aliphatic carbocycles. The normalized spacial score (nSPS) is 11.3. The number of sulfonamides is 1. The van der Waals surface area contributed by atoms with Crippen molar-refractivity contribution < 1.29 is 8.42 Å². The molecule has 0 unspecified atom stereocenters. The standard InChI is InChI=1S/C14H14BrNO2S2/c1-10-9-11(7-8-12(10)15)20(17,18)16-13-5-3-4-6-14(13)19-2/h3-9,16H,1-2H3. The second-order valence-electron chi connectivity index (χ2n) is 4.22. The Balaban J connectivity index is 2.38. The van der Waals surface area contributed by atoms with Gasteiger partial charge in [-0.25, -0.2) is 8.42 Å². The molecular weight excluding hydrogens is 358 g/mol. The molecule has 20 heavy (non-hydrogen) atoms. The predicted octanol–water partition coefficient (Wildman–Crippen LogP) is 4.28. The number of nitrogens with one attached hydrogen (secondary N) is 1. The molecule has 3 nitrogen and oxygen atoms in total. The van der Waals surface area contributed by atoms with E-state index in [0.29, 0.717) is 5.69 Å². The lowest BCUT2D eigenvalue weighted by molar-refractivity contribution is 0.601. The van der Waals surface area contributed by atoms with Crippen molar-refractivity contribution >= 4 is 43.4 Å². The van der Waals surface area contributed by atoms with Gasteiger partial charge in [-0.15, -0.1) is 11.8 Å². The number of benzene rings is 2. The van der Waals surface area contributed by atoms with E-state index in [1.165, 1.54) is 11.8 Å². The molecule has 0 spiro atoms. The van der Waals surface area contributed by atoms with Gasteiger partial charge < -0.3 is 0 Å². The first-order chi connectivity index (χ1) is 9.44. The topological polar surface area (TPSA) is 46.2 Å². The number of rotatable bonds is 4. The Morgan fingerprint density at radius 1 is 1.15 bits per heavy atom. The van der Waals surface area contributed by atoms with Gasteiger partial charge in [-0.05, 0) is 49.1 Å². The molecule has 106 valence electrons. The lowest BCUT2D eigenvalue weighted by Gasteiger charge is -2.12. The molecule has 0 fully saturated rings. The summed E-state index contributed by atoms with van der Waals surface area (Å²) in [4.78, 5) is 1.15. The molecular formula is C14H14BrNO2S2. The number of thioether (sulfide) groups is 1. The van der Waals surface area contributed by atoms with E-state index in [0.717, 1.165) is 14.9 Å². The third-order valence-electron chi connectivity index (χ3n) is 2.79. The Labute approximate surface area is 132 Å². The summed E-state index contributed by atoms with van der Waals surface area (Å²) in [6.45, 7) is 1.86. The Hall–Kier alpha value is -0.980. The zero-order valence-corrected chi connectivity index (χ0v) is 14.3. The Bertz CT molecular complexity index is 730. The molecule has 6 heteroatoms. The fraction of sp³-hybridized carbons (Fsp3) is 0.143. The van der Waals surface area contributed by atoms with Crippen LogP contribution >= 0.6 is 27.7 Å². The third-order valence-corrected chi connectivity index (χ3v) is 5.84. The number of halogens is 1. The molecule has 0 bridgehead atoms. The highest BCUT2D eigenvalue weighted by Crippen LogP contribution is 2.28. The summed E-state index contributed by atoms with van der Waals surface area (Å²) in [5.74, 6) is 0. The number of hydrogen-bond acceptors (Lipinski definition) is 3. The van der Waals surface area contributed by atoms with Gasteiger partial charge in [-0.3, -0.25) is 4.72 Å².